The van der Waals surface area contributed by atoms with Gasteiger partial charge in [0.25, 0.3) is 0 Å². The van der Waals surface area contributed by atoms with Gasteiger partial charge in [-0.2, -0.15) is 0 Å². The maximum atomic E-state index is 11.1. The van der Waals surface area contributed by atoms with Crippen molar-refractivity contribution in [3.63, 3.8) is 0 Å². The summed E-state index contributed by atoms with van der Waals surface area (Å²) < 4.78 is 5.48. The van der Waals surface area contributed by atoms with Gasteiger partial charge < -0.3 is 9.84 Å². The smallest absolute Gasteiger partial charge is 0.305 e. The highest BCUT2D eigenvalue weighted by molar-refractivity contribution is 7.99. The van der Waals surface area contributed by atoms with Crippen LogP contribution >= 0.6 is 11.8 Å². The van der Waals surface area contributed by atoms with Crippen molar-refractivity contribution in [2.24, 2.45) is 0 Å². The van der Waals surface area contributed by atoms with Crippen molar-refractivity contribution in [1.29, 1.82) is 0 Å². The molecular formula is C15H19NO3S. The molecule has 2 atom stereocenters. The van der Waals surface area contributed by atoms with Crippen molar-refractivity contribution >= 4 is 17.7 Å². The number of thioether (sulfide) groups is 1. The van der Waals surface area contributed by atoms with Gasteiger partial charge in [-0.1, -0.05) is 18.2 Å². The second-order valence-corrected chi connectivity index (χ2v) is 6.39. The second kappa shape index (κ2) is 6.16. The van der Waals surface area contributed by atoms with E-state index in [2.05, 4.69) is 29.2 Å². The van der Waals surface area contributed by atoms with Gasteiger partial charge in [0, 0.05) is 23.5 Å². The number of carboxylic acid groups (broad SMARTS) is 1. The fraction of sp³-hybridized carbons (Fsp3) is 0.533. The number of benzene rings is 1. The minimum Gasteiger partial charge on any atom is -0.481 e. The molecular weight excluding hydrogens is 274 g/mol. The lowest BCUT2D eigenvalue weighted by atomic mass is 9.98. The van der Waals surface area contributed by atoms with Crippen LogP contribution in [0, 0.1) is 0 Å². The van der Waals surface area contributed by atoms with Crippen LogP contribution in [-0.4, -0.2) is 47.5 Å². The van der Waals surface area contributed by atoms with Gasteiger partial charge in [0.2, 0.25) is 0 Å². The molecule has 0 radical (unpaired) electrons. The number of morpholine rings is 1. The van der Waals surface area contributed by atoms with Crippen molar-refractivity contribution in [2.75, 3.05) is 25.5 Å². The molecule has 108 valence electrons. The fourth-order valence-electron chi connectivity index (χ4n) is 3.12. The van der Waals surface area contributed by atoms with Gasteiger partial charge in [-0.15, -0.1) is 11.8 Å². The molecule has 2 unspecified atom stereocenters. The molecule has 1 saturated heterocycles. The summed E-state index contributed by atoms with van der Waals surface area (Å²) in [5.41, 5.74) is 1.35. The Hall–Kier alpha value is -1.04. The van der Waals surface area contributed by atoms with E-state index in [4.69, 9.17) is 9.84 Å². The van der Waals surface area contributed by atoms with Gasteiger partial charge in [0.05, 0.1) is 19.6 Å². The first-order valence-corrected chi connectivity index (χ1v) is 8.01. The van der Waals surface area contributed by atoms with Crippen LogP contribution in [0.25, 0.3) is 0 Å². The molecule has 0 spiro atoms. The molecule has 2 aliphatic rings. The van der Waals surface area contributed by atoms with Crippen LogP contribution in [0.2, 0.25) is 0 Å². The summed E-state index contributed by atoms with van der Waals surface area (Å²) in [7, 11) is 0. The third-order valence-corrected chi connectivity index (χ3v) is 5.13. The zero-order valence-electron chi connectivity index (χ0n) is 11.3. The van der Waals surface area contributed by atoms with E-state index in [1.807, 2.05) is 11.8 Å². The number of aliphatic carboxylic acids is 1. The van der Waals surface area contributed by atoms with Crippen LogP contribution in [0.15, 0.2) is 29.2 Å². The first-order valence-electron chi connectivity index (χ1n) is 7.02. The molecule has 1 aromatic rings. The van der Waals surface area contributed by atoms with E-state index < -0.39 is 5.97 Å². The standard InChI is InChI=1S/C15H19NO3S/c17-15(18)9-11-10-19-7-6-16(11)13-5-8-20-14-4-2-1-3-12(13)14/h1-4,11,13H,5-10H2,(H,17,18). The van der Waals surface area contributed by atoms with Crippen molar-refractivity contribution in [1.82, 2.24) is 4.90 Å². The van der Waals surface area contributed by atoms with E-state index >= 15 is 0 Å². The molecule has 5 heteroatoms. The molecule has 0 saturated carbocycles. The Morgan fingerprint density at radius 1 is 1.45 bits per heavy atom. The zero-order chi connectivity index (χ0) is 13.9. The third-order valence-electron chi connectivity index (χ3n) is 4.01. The van der Waals surface area contributed by atoms with Crippen LogP contribution < -0.4 is 0 Å². The fourth-order valence-corrected chi connectivity index (χ4v) is 4.23. The highest BCUT2D eigenvalue weighted by Crippen LogP contribution is 2.40. The lowest BCUT2D eigenvalue weighted by Gasteiger charge is -2.42. The highest BCUT2D eigenvalue weighted by atomic mass is 32.2. The van der Waals surface area contributed by atoms with E-state index in [1.54, 1.807) is 0 Å². The Morgan fingerprint density at radius 3 is 3.15 bits per heavy atom. The third kappa shape index (κ3) is 2.85. The number of ether oxygens (including phenoxy) is 1. The summed E-state index contributed by atoms with van der Waals surface area (Å²) in [4.78, 5) is 14.7. The number of fused-ring (bicyclic) bond motifs is 1. The Kier molecular flexibility index (Phi) is 4.29. The van der Waals surface area contributed by atoms with Gasteiger partial charge in [0.1, 0.15) is 0 Å². The summed E-state index contributed by atoms with van der Waals surface area (Å²) in [6, 6.07) is 8.81. The van der Waals surface area contributed by atoms with E-state index in [9.17, 15) is 4.79 Å². The number of rotatable bonds is 3. The maximum absolute atomic E-state index is 11.1. The predicted octanol–water partition coefficient (Wildman–Crippen LogP) is 2.40. The Labute approximate surface area is 123 Å². The first-order chi connectivity index (χ1) is 9.75. The number of carbonyl (C=O) groups is 1. The topological polar surface area (TPSA) is 49.8 Å². The lowest BCUT2D eigenvalue weighted by molar-refractivity contribution is -0.141. The van der Waals surface area contributed by atoms with Crippen LogP contribution in [0.1, 0.15) is 24.4 Å². The molecule has 1 aromatic carbocycles. The maximum Gasteiger partial charge on any atom is 0.305 e. The quantitative estimate of drug-likeness (QED) is 0.927. The summed E-state index contributed by atoms with van der Waals surface area (Å²) in [5.74, 6) is 0.350. The van der Waals surface area contributed by atoms with Crippen LogP contribution in [0.3, 0.4) is 0 Å². The summed E-state index contributed by atoms with van der Waals surface area (Å²) in [6.45, 7) is 2.04. The zero-order valence-corrected chi connectivity index (χ0v) is 12.1. The predicted molar refractivity (Wildman–Crippen MR) is 78.1 cm³/mol. The first kappa shape index (κ1) is 13.9. The van der Waals surface area contributed by atoms with Crippen molar-refractivity contribution in [3.05, 3.63) is 29.8 Å². The normalized spacial score (nSPS) is 27.0. The van der Waals surface area contributed by atoms with E-state index in [0.717, 1.165) is 18.7 Å². The minimum absolute atomic E-state index is 0.0117. The molecule has 0 aliphatic carbocycles. The Morgan fingerprint density at radius 2 is 2.30 bits per heavy atom. The second-order valence-electron chi connectivity index (χ2n) is 5.26. The van der Waals surface area contributed by atoms with Crippen LogP contribution in [0.5, 0.6) is 0 Å². The average molecular weight is 293 g/mol. The number of hydrogen-bond acceptors (Lipinski definition) is 4. The minimum atomic E-state index is -0.746. The molecule has 2 heterocycles. The lowest BCUT2D eigenvalue weighted by Crippen LogP contribution is -2.48. The van der Waals surface area contributed by atoms with Gasteiger partial charge in [-0.05, 0) is 23.8 Å². The molecule has 20 heavy (non-hydrogen) atoms. The molecule has 0 aromatic heterocycles. The molecule has 0 bridgehead atoms. The van der Waals surface area contributed by atoms with E-state index in [1.165, 1.54) is 10.5 Å². The monoisotopic (exact) mass is 293 g/mol. The average Bonchev–Trinajstić information content (AvgIpc) is 2.47. The van der Waals surface area contributed by atoms with E-state index in [0.29, 0.717) is 19.3 Å². The highest BCUT2D eigenvalue weighted by Gasteiger charge is 2.34. The number of hydrogen-bond donors (Lipinski definition) is 1. The summed E-state index contributed by atoms with van der Waals surface area (Å²) in [6.07, 6.45) is 1.24. The Bertz CT molecular complexity index is 494. The molecule has 4 nitrogen and oxygen atoms in total. The van der Waals surface area contributed by atoms with Gasteiger partial charge in [-0.25, -0.2) is 0 Å². The van der Waals surface area contributed by atoms with Gasteiger partial charge >= 0.3 is 5.97 Å². The molecule has 1 N–H and O–H groups in total. The number of carboxylic acids is 1. The molecule has 2 aliphatic heterocycles. The van der Waals surface area contributed by atoms with Gasteiger partial charge in [0.15, 0.2) is 0 Å². The molecule has 1 fully saturated rings. The summed E-state index contributed by atoms with van der Waals surface area (Å²) in [5, 5.41) is 9.09. The van der Waals surface area contributed by atoms with Crippen molar-refractivity contribution in [3.8, 4) is 0 Å². The number of nitrogens with zero attached hydrogens (tertiary/aromatic N) is 1. The van der Waals surface area contributed by atoms with Crippen LogP contribution in [0.4, 0.5) is 0 Å². The largest absolute Gasteiger partial charge is 0.481 e. The summed E-state index contributed by atoms with van der Waals surface area (Å²) >= 11 is 1.90. The van der Waals surface area contributed by atoms with Crippen molar-refractivity contribution in [2.45, 2.75) is 29.8 Å². The van der Waals surface area contributed by atoms with Crippen molar-refractivity contribution < 1.29 is 14.6 Å². The molecule has 0 amide bonds. The van der Waals surface area contributed by atoms with Crippen LogP contribution in [-0.2, 0) is 9.53 Å². The SMILES string of the molecule is O=C(O)CC1COCCN1C1CCSc2ccccc21. The van der Waals surface area contributed by atoms with Gasteiger partial charge in [-0.3, -0.25) is 9.69 Å². The van der Waals surface area contributed by atoms with E-state index in [-0.39, 0.29) is 12.5 Å². The Balaban J connectivity index is 1.85. The molecule has 3 rings (SSSR count).